The van der Waals surface area contributed by atoms with Crippen molar-refractivity contribution in [2.45, 2.75) is 33.4 Å². The monoisotopic (exact) mass is 294 g/mol. The van der Waals surface area contributed by atoms with Crippen molar-refractivity contribution in [1.29, 1.82) is 0 Å². The summed E-state index contributed by atoms with van der Waals surface area (Å²) in [4.78, 5) is 11.6. The van der Waals surface area contributed by atoms with Crippen LogP contribution >= 0.6 is 0 Å². The molecule has 0 heterocycles. The number of aliphatic hydroxyl groups is 1. The lowest BCUT2D eigenvalue weighted by Crippen LogP contribution is -2.40. The first-order valence-electron chi connectivity index (χ1n) is 7.30. The molecule has 0 aromatic heterocycles. The number of benzene rings is 1. The van der Waals surface area contributed by atoms with Crippen molar-refractivity contribution < 1.29 is 14.6 Å². The highest BCUT2D eigenvalue weighted by Gasteiger charge is 2.07. The summed E-state index contributed by atoms with van der Waals surface area (Å²) in [7, 11) is 0. The molecule has 0 fully saturated rings. The average Bonchev–Trinajstić information content (AvgIpc) is 2.44. The van der Waals surface area contributed by atoms with Gasteiger partial charge in [-0.05, 0) is 18.4 Å². The molecule has 0 aliphatic heterocycles. The molecular weight excluding hydrogens is 268 g/mol. The fraction of sp³-hybridized carbons (Fsp3) is 0.562. The molecule has 0 aliphatic carbocycles. The molecule has 0 aliphatic rings. The van der Waals surface area contributed by atoms with E-state index >= 15 is 0 Å². The number of hydrogen-bond donors (Lipinski definition) is 3. The number of aliphatic hydroxyl groups excluding tert-OH is 1. The molecule has 1 aromatic rings. The maximum Gasteiger partial charge on any atom is 0.315 e. The third kappa shape index (κ3) is 8.32. The van der Waals surface area contributed by atoms with Gasteiger partial charge in [0.05, 0.1) is 12.7 Å². The van der Waals surface area contributed by atoms with Crippen LogP contribution in [0.5, 0.6) is 0 Å². The molecule has 2 amide bonds. The quantitative estimate of drug-likeness (QED) is 0.685. The minimum Gasteiger partial charge on any atom is -0.389 e. The Kier molecular flexibility index (Phi) is 7.79. The van der Waals surface area contributed by atoms with Gasteiger partial charge in [0.1, 0.15) is 0 Å². The summed E-state index contributed by atoms with van der Waals surface area (Å²) < 4.78 is 5.31. The Hall–Kier alpha value is -1.59. The third-order valence-electron chi connectivity index (χ3n) is 2.83. The molecule has 118 valence electrons. The van der Waals surface area contributed by atoms with Crippen LogP contribution in [0.3, 0.4) is 0 Å². The van der Waals surface area contributed by atoms with Gasteiger partial charge in [-0.15, -0.1) is 0 Å². The zero-order valence-electron chi connectivity index (χ0n) is 13.1. The predicted molar refractivity (Wildman–Crippen MR) is 83.1 cm³/mol. The van der Waals surface area contributed by atoms with E-state index in [1.165, 1.54) is 5.56 Å². The summed E-state index contributed by atoms with van der Waals surface area (Å²) in [5, 5.41) is 15.0. The van der Waals surface area contributed by atoms with Crippen LogP contribution in [0.2, 0.25) is 0 Å². The Morgan fingerprint density at radius 3 is 2.48 bits per heavy atom. The molecule has 0 spiro atoms. The number of carbonyl (C=O) groups is 1. The first-order valence-corrected chi connectivity index (χ1v) is 7.30. The number of ether oxygens (including phenoxy) is 1. The Balaban J connectivity index is 2.14. The van der Waals surface area contributed by atoms with Crippen molar-refractivity contribution in [3.8, 4) is 0 Å². The first-order chi connectivity index (χ1) is 9.97. The summed E-state index contributed by atoms with van der Waals surface area (Å²) in [6.45, 7) is 7.59. The third-order valence-corrected chi connectivity index (χ3v) is 2.83. The van der Waals surface area contributed by atoms with Gasteiger partial charge in [-0.25, -0.2) is 4.79 Å². The maximum absolute atomic E-state index is 11.6. The SMILES string of the molecule is Cc1ccc(CNC(=O)NCC(O)COCC(C)C)cc1. The second-order valence-electron chi connectivity index (χ2n) is 5.63. The molecule has 0 radical (unpaired) electrons. The van der Waals surface area contributed by atoms with E-state index in [1.54, 1.807) is 0 Å². The van der Waals surface area contributed by atoms with E-state index in [4.69, 9.17) is 4.74 Å². The number of urea groups is 1. The molecule has 0 saturated carbocycles. The lowest BCUT2D eigenvalue weighted by Gasteiger charge is -2.14. The molecule has 21 heavy (non-hydrogen) atoms. The van der Waals surface area contributed by atoms with Gasteiger partial charge >= 0.3 is 6.03 Å². The Morgan fingerprint density at radius 1 is 1.19 bits per heavy atom. The summed E-state index contributed by atoms with van der Waals surface area (Å²) in [6, 6.07) is 7.67. The van der Waals surface area contributed by atoms with Crippen LogP contribution in [0.25, 0.3) is 0 Å². The van der Waals surface area contributed by atoms with Crippen LogP contribution in [0.4, 0.5) is 4.79 Å². The lowest BCUT2D eigenvalue weighted by molar-refractivity contribution is 0.0272. The highest BCUT2D eigenvalue weighted by molar-refractivity contribution is 5.73. The summed E-state index contributed by atoms with van der Waals surface area (Å²) >= 11 is 0. The van der Waals surface area contributed by atoms with Crippen molar-refractivity contribution in [2.75, 3.05) is 19.8 Å². The van der Waals surface area contributed by atoms with Gasteiger partial charge in [0.2, 0.25) is 0 Å². The van der Waals surface area contributed by atoms with Gasteiger partial charge in [-0.1, -0.05) is 43.7 Å². The summed E-state index contributed by atoms with van der Waals surface area (Å²) in [5.41, 5.74) is 2.23. The van der Waals surface area contributed by atoms with Crippen molar-refractivity contribution in [1.82, 2.24) is 10.6 Å². The molecule has 5 heteroatoms. The van der Waals surface area contributed by atoms with Crippen molar-refractivity contribution in [3.05, 3.63) is 35.4 Å². The molecular formula is C16H26N2O3. The Morgan fingerprint density at radius 2 is 1.86 bits per heavy atom. The maximum atomic E-state index is 11.6. The second kappa shape index (κ2) is 9.37. The van der Waals surface area contributed by atoms with E-state index in [0.29, 0.717) is 19.1 Å². The number of carbonyl (C=O) groups excluding carboxylic acids is 1. The molecule has 1 aromatic carbocycles. The van der Waals surface area contributed by atoms with Gasteiger partial charge < -0.3 is 20.5 Å². The van der Waals surface area contributed by atoms with Gasteiger partial charge in [0.25, 0.3) is 0 Å². The molecule has 1 rings (SSSR count). The highest BCUT2D eigenvalue weighted by Crippen LogP contribution is 2.02. The van der Waals surface area contributed by atoms with Gasteiger partial charge in [0, 0.05) is 19.7 Å². The topological polar surface area (TPSA) is 70.6 Å². The molecule has 1 atom stereocenters. The minimum absolute atomic E-state index is 0.178. The smallest absolute Gasteiger partial charge is 0.315 e. The Bertz CT molecular complexity index is 418. The van der Waals surface area contributed by atoms with E-state index in [-0.39, 0.29) is 19.2 Å². The van der Waals surface area contributed by atoms with Crippen molar-refractivity contribution >= 4 is 6.03 Å². The van der Waals surface area contributed by atoms with Crippen LogP contribution in [-0.4, -0.2) is 37.0 Å². The van der Waals surface area contributed by atoms with Crippen LogP contribution in [0.15, 0.2) is 24.3 Å². The van der Waals surface area contributed by atoms with Crippen molar-refractivity contribution in [2.24, 2.45) is 5.92 Å². The fourth-order valence-corrected chi connectivity index (χ4v) is 1.66. The highest BCUT2D eigenvalue weighted by atomic mass is 16.5. The van der Waals surface area contributed by atoms with Crippen LogP contribution in [0, 0.1) is 12.8 Å². The van der Waals surface area contributed by atoms with Crippen LogP contribution < -0.4 is 10.6 Å². The lowest BCUT2D eigenvalue weighted by atomic mass is 10.1. The minimum atomic E-state index is -0.686. The molecule has 5 nitrogen and oxygen atoms in total. The average molecular weight is 294 g/mol. The van der Waals surface area contributed by atoms with E-state index in [9.17, 15) is 9.90 Å². The zero-order valence-corrected chi connectivity index (χ0v) is 13.1. The standard InChI is InChI=1S/C16H26N2O3/c1-12(2)10-21-11-15(19)9-18-16(20)17-8-14-6-4-13(3)5-7-14/h4-7,12,15,19H,8-11H2,1-3H3,(H2,17,18,20). The largest absolute Gasteiger partial charge is 0.389 e. The number of aryl methyl sites for hydroxylation is 1. The number of hydrogen-bond acceptors (Lipinski definition) is 3. The molecule has 0 bridgehead atoms. The van der Waals surface area contributed by atoms with E-state index in [1.807, 2.05) is 45.0 Å². The van der Waals surface area contributed by atoms with E-state index in [2.05, 4.69) is 10.6 Å². The van der Waals surface area contributed by atoms with Gasteiger partial charge in [-0.2, -0.15) is 0 Å². The number of nitrogens with one attached hydrogen (secondary N) is 2. The normalized spacial score (nSPS) is 12.2. The first kappa shape index (κ1) is 17.5. The Labute approximate surface area is 126 Å². The summed E-state index contributed by atoms with van der Waals surface area (Å²) in [5.74, 6) is 0.433. The van der Waals surface area contributed by atoms with Gasteiger partial charge in [-0.3, -0.25) is 0 Å². The van der Waals surface area contributed by atoms with E-state index < -0.39 is 6.10 Å². The van der Waals surface area contributed by atoms with Crippen molar-refractivity contribution in [3.63, 3.8) is 0 Å². The second-order valence-corrected chi connectivity index (χ2v) is 5.63. The predicted octanol–water partition coefficient (Wildman–Crippen LogP) is 1.83. The summed E-state index contributed by atoms with van der Waals surface area (Å²) in [6.07, 6.45) is -0.686. The number of rotatable bonds is 8. The van der Waals surface area contributed by atoms with Crippen LogP contribution in [-0.2, 0) is 11.3 Å². The number of amides is 2. The van der Waals surface area contributed by atoms with Gasteiger partial charge in [0.15, 0.2) is 0 Å². The van der Waals surface area contributed by atoms with Crippen LogP contribution in [0.1, 0.15) is 25.0 Å². The zero-order chi connectivity index (χ0) is 15.7. The molecule has 0 saturated heterocycles. The fourth-order valence-electron chi connectivity index (χ4n) is 1.66. The molecule has 3 N–H and O–H groups in total. The molecule has 1 unspecified atom stereocenters. The van der Waals surface area contributed by atoms with E-state index in [0.717, 1.165) is 5.56 Å².